The van der Waals surface area contributed by atoms with Crippen LogP contribution in [-0.2, 0) is 0 Å². The Bertz CT molecular complexity index is 578. The highest BCUT2D eigenvalue weighted by Gasteiger charge is 2.34. The Morgan fingerprint density at radius 2 is 2.10 bits per heavy atom. The van der Waals surface area contributed by atoms with Crippen LogP contribution in [0.15, 0.2) is 16.9 Å². The SMILES string of the molecule is O=C(c1cc(O)[nH]c(=O)c1)N1CCCCC1C1CCCN1. The van der Waals surface area contributed by atoms with E-state index in [4.69, 9.17) is 0 Å². The predicted octanol–water partition coefficient (Wildman–Crippen LogP) is 0.827. The van der Waals surface area contributed by atoms with Gasteiger partial charge in [-0.25, -0.2) is 0 Å². The molecule has 2 aliphatic rings. The van der Waals surface area contributed by atoms with E-state index in [2.05, 4.69) is 10.3 Å². The number of amides is 1. The summed E-state index contributed by atoms with van der Waals surface area (Å²) in [5, 5.41) is 13.0. The van der Waals surface area contributed by atoms with E-state index >= 15 is 0 Å². The summed E-state index contributed by atoms with van der Waals surface area (Å²) in [4.78, 5) is 28.3. The third-order valence-electron chi connectivity index (χ3n) is 4.45. The van der Waals surface area contributed by atoms with E-state index in [1.54, 1.807) is 0 Å². The van der Waals surface area contributed by atoms with E-state index in [0.29, 0.717) is 6.04 Å². The Morgan fingerprint density at radius 1 is 1.24 bits per heavy atom. The monoisotopic (exact) mass is 291 g/mol. The summed E-state index contributed by atoms with van der Waals surface area (Å²) in [7, 11) is 0. The Kier molecular flexibility index (Phi) is 3.96. The third-order valence-corrected chi connectivity index (χ3v) is 4.45. The molecule has 2 aliphatic heterocycles. The number of H-pyrrole nitrogens is 1. The lowest BCUT2D eigenvalue weighted by atomic mass is 9.94. The first-order valence-corrected chi connectivity index (χ1v) is 7.63. The third kappa shape index (κ3) is 2.95. The number of carbonyl (C=O) groups is 1. The van der Waals surface area contributed by atoms with Crippen molar-refractivity contribution in [3.05, 3.63) is 28.0 Å². The number of piperidine rings is 1. The average Bonchev–Trinajstić information content (AvgIpc) is 2.99. The van der Waals surface area contributed by atoms with E-state index in [1.165, 1.54) is 12.1 Å². The van der Waals surface area contributed by atoms with E-state index in [9.17, 15) is 14.7 Å². The van der Waals surface area contributed by atoms with E-state index in [-0.39, 0.29) is 23.4 Å². The summed E-state index contributed by atoms with van der Waals surface area (Å²) in [6, 6.07) is 3.13. The summed E-state index contributed by atoms with van der Waals surface area (Å²) in [6.45, 7) is 1.73. The first kappa shape index (κ1) is 14.1. The van der Waals surface area contributed by atoms with E-state index in [1.807, 2.05) is 4.90 Å². The quantitative estimate of drug-likeness (QED) is 0.753. The molecule has 3 rings (SSSR count). The number of likely N-dealkylation sites (tertiary alicyclic amines) is 1. The molecular formula is C15H21N3O3. The fourth-order valence-corrected chi connectivity index (χ4v) is 3.49. The molecule has 1 aromatic rings. The van der Waals surface area contributed by atoms with Crippen molar-refractivity contribution in [2.75, 3.05) is 13.1 Å². The topological polar surface area (TPSA) is 85.4 Å². The van der Waals surface area contributed by atoms with Gasteiger partial charge in [-0.1, -0.05) is 0 Å². The molecular weight excluding hydrogens is 270 g/mol. The van der Waals surface area contributed by atoms with Crippen molar-refractivity contribution < 1.29 is 9.90 Å². The van der Waals surface area contributed by atoms with Crippen LogP contribution < -0.4 is 10.9 Å². The number of hydrogen-bond acceptors (Lipinski definition) is 4. The molecule has 3 N–H and O–H groups in total. The summed E-state index contributed by atoms with van der Waals surface area (Å²) in [5.41, 5.74) is -0.188. The average molecular weight is 291 g/mol. The minimum absolute atomic E-state index is 0.158. The summed E-state index contributed by atoms with van der Waals surface area (Å²) >= 11 is 0. The van der Waals surface area contributed by atoms with Crippen molar-refractivity contribution in [3.63, 3.8) is 0 Å². The highest BCUT2D eigenvalue weighted by molar-refractivity contribution is 5.94. The number of aromatic nitrogens is 1. The number of aromatic hydroxyl groups is 1. The van der Waals surface area contributed by atoms with Crippen molar-refractivity contribution >= 4 is 5.91 Å². The molecule has 6 heteroatoms. The van der Waals surface area contributed by atoms with Gasteiger partial charge < -0.3 is 15.3 Å². The van der Waals surface area contributed by atoms with Gasteiger partial charge in [-0.05, 0) is 38.6 Å². The molecule has 6 nitrogen and oxygen atoms in total. The second kappa shape index (κ2) is 5.89. The fraction of sp³-hybridized carbons (Fsp3) is 0.600. The van der Waals surface area contributed by atoms with Crippen LogP contribution in [0, 0.1) is 0 Å². The first-order chi connectivity index (χ1) is 10.1. The molecule has 114 valence electrons. The van der Waals surface area contributed by atoms with Crippen LogP contribution in [0.25, 0.3) is 0 Å². The van der Waals surface area contributed by atoms with Gasteiger partial charge in [0.25, 0.3) is 11.5 Å². The molecule has 3 heterocycles. The van der Waals surface area contributed by atoms with Crippen LogP contribution in [0.3, 0.4) is 0 Å². The van der Waals surface area contributed by atoms with Crippen LogP contribution in [0.2, 0.25) is 0 Å². The van der Waals surface area contributed by atoms with Crippen LogP contribution in [0.4, 0.5) is 0 Å². The second-order valence-corrected chi connectivity index (χ2v) is 5.88. The zero-order chi connectivity index (χ0) is 14.8. The van der Waals surface area contributed by atoms with E-state index in [0.717, 1.165) is 45.2 Å². The molecule has 2 atom stereocenters. The number of nitrogens with one attached hydrogen (secondary N) is 2. The normalized spacial score (nSPS) is 26.0. The van der Waals surface area contributed by atoms with Gasteiger partial charge in [0.15, 0.2) is 5.88 Å². The number of pyridine rings is 1. The molecule has 0 saturated carbocycles. The zero-order valence-electron chi connectivity index (χ0n) is 12.0. The van der Waals surface area contributed by atoms with Gasteiger partial charge >= 0.3 is 0 Å². The van der Waals surface area contributed by atoms with Gasteiger partial charge in [-0.3, -0.25) is 14.6 Å². The van der Waals surface area contributed by atoms with Crippen LogP contribution >= 0.6 is 0 Å². The predicted molar refractivity (Wildman–Crippen MR) is 78.4 cm³/mol. The number of hydrogen-bond donors (Lipinski definition) is 3. The van der Waals surface area contributed by atoms with Crippen molar-refractivity contribution in [2.24, 2.45) is 0 Å². The maximum absolute atomic E-state index is 12.7. The molecule has 2 fully saturated rings. The molecule has 2 saturated heterocycles. The highest BCUT2D eigenvalue weighted by atomic mass is 16.3. The van der Waals surface area contributed by atoms with E-state index < -0.39 is 5.56 Å². The molecule has 0 spiro atoms. The summed E-state index contributed by atoms with van der Waals surface area (Å²) in [5.74, 6) is -0.423. The minimum atomic E-state index is -0.453. The maximum atomic E-state index is 12.7. The fourth-order valence-electron chi connectivity index (χ4n) is 3.49. The molecule has 0 radical (unpaired) electrons. The van der Waals surface area contributed by atoms with Gasteiger partial charge in [-0.15, -0.1) is 0 Å². The molecule has 2 unspecified atom stereocenters. The molecule has 0 aromatic carbocycles. The highest BCUT2D eigenvalue weighted by Crippen LogP contribution is 2.26. The van der Waals surface area contributed by atoms with Crippen molar-refractivity contribution in [1.29, 1.82) is 0 Å². The molecule has 1 aromatic heterocycles. The lowest BCUT2D eigenvalue weighted by molar-refractivity contribution is 0.0563. The van der Waals surface area contributed by atoms with Gasteiger partial charge in [0.2, 0.25) is 0 Å². The zero-order valence-corrected chi connectivity index (χ0v) is 12.0. The first-order valence-electron chi connectivity index (χ1n) is 7.63. The Balaban J connectivity index is 1.84. The lowest BCUT2D eigenvalue weighted by Crippen LogP contribution is -2.52. The van der Waals surface area contributed by atoms with Crippen molar-refractivity contribution in [3.8, 4) is 5.88 Å². The maximum Gasteiger partial charge on any atom is 0.254 e. The Labute approximate surface area is 123 Å². The Morgan fingerprint density at radius 3 is 2.81 bits per heavy atom. The van der Waals surface area contributed by atoms with Crippen LogP contribution in [0.5, 0.6) is 5.88 Å². The van der Waals surface area contributed by atoms with Gasteiger partial charge in [-0.2, -0.15) is 0 Å². The second-order valence-electron chi connectivity index (χ2n) is 5.88. The number of rotatable bonds is 2. The number of carbonyl (C=O) groups excluding carboxylic acids is 1. The minimum Gasteiger partial charge on any atom is -0.494 e. The lowest BCUT2D eigenvalue weighted by Gasteiger charge is -2.39. The van der Waals surface area contributed by atoms with Gasteiger partial charge in [0.05, 0.1) is 5.56 Å². The standard InChI is InChI=1S/C15H21N3O3/c19-13-8-10(9-14(20)17-13)15(21)18-7-2-1-5-12(18)11-4-3-6-16-11/h8-9,11-12,16H,1-7H2,(H2,17,19,20). The molecule has 1 amide bonds. The number of nitrogens with zero attached hydrogens (tertiary/aromatic N) is 1. The van der Waals surface area contributed by atoms with Gasteiger partial charge in [0.1, 0.15) is 0 Å². The molecule has 0 aliphatic carbocycles. The molecule has 0 bridgehead atoms. The van der Waals surface area contributed by atoms with Crippen molar-refractivity contribution in [1.82, 2.24) is 15.2 Å². The van der Waals surface area contributed by atoms with Gasteiger partial charge in [0, 0.05) is 30.8 Å². The summed E-state index contributed by atoms with van der Waals surface area (Å²) < 4.78 is 0. The largest absolute Gasteiger partial charge is 0.494 e. The Hall–Kier alpha value is -1.82. The smallest absolute Gasteiger partial charge is 0.254 e. The molecule has 21 heavy (non-hydrogen) atoms. The number of aromatic amines is 1. The van der Waals surface area contributed by atoms with Crippen LogP contribution in [0.1, 0.15) is 42.5 Å². The van der Waals surface area contributed by atoms with Crippen molar-refractivity contribution in [2.45, 2.75) is 44.2 Å². The van der Waals surface area contributed by atoms with Crippen LogP contribution in [-0.4, -0.2) is 46.1 Å². The summed E-state index contributed by atoms with van der Waals surface area (Å²) in [6.07, 6.45) is 5.36.